The SMILES string of the molecule is O=C1CCN(C(=O)/C=C/c2cc[c]c([N+](=O)[O-])c2)CC1. The van der Waals surface area contributed by atoms with Crippen molar-refractivity contribution in [3.63, 3.8) is 0 Å². The molecule has 20 heavy (non-hydrogen) atoms. The Hall–Kier alpha value is -2.50. The van der Waals surface area contributed by atoms with E-state index < -0.39 is 4.92 Å². The predicted octanol–water partition coefficient (Wildman–Crippen LogP) is 1.60. The van der Waals surface area contributed by atoms with Gasteiger partial charge in [0.05, 0.1) is 11.0 Å². The largest absolute Gasteiger partial charge is 0.338 e. The number of carbonyl (C=O) groups excluding carboxylic acids is 2. The first kappa shape index (κ1) is 13.9. The number of nitrogens with zero attached hydrogens (tertiary/aromatic N) is 2. The fourth-order valence-electron chi connectivity index (χ4n) is 1.93. The third-order valence-electron chi connectivity index (χ3n) is 3.06. The van der Waals surface area contributed by atoms with Gasteiger partial charge in [0.2, 0.25) is 5.91 Å². The van der Waals surface area contributed by atoms with Gasteiger partial charge in [0.1, 0.15) is 5.78 Å². The van der Waals surface area contributed by atoms with Crippen LogP contribution >= 0.6 is 0 Å². The average Bonchev–Trinajstić information content (AvgIpc) is 2.46. The summed E-state index contributed by atoms with van der Waals surface area (Å²) in [4.78, 5) is 34.7. The summed E-state index contributed by atoms with van der Waals surface area (Å²) in [5.74, 6) is -0.0137. The Kier molecular flexibility index (Phi) is 4.24. The minimum Gasteiger partial charge on any atom is -0.338 e. The minimum absolute atomic E-state index is 0.136. The Bertz CT molecular complexity index is 570. The summed E-state index contributed by atoms with van der Waals surface area (Å²) < 4.78 is 0. The lowest BCUT2D eigenvalue weighted by molar-refractivity contribution is -0.385. The molecule has 103 valence electrons. The highest BCUT2D eigenvalue weighted by molar-refractivity contribution is 5.93. The molecule has 1 saturated heterocycles. The van der Waals surface area contributed by atoms with Gasteiger partial charge in [-0.1, -0.05) is 6.07 Å². The third kappa shape index (κ3) is 3.50. The van der Waals surface area contributed by atoms with E-state index in [-0.39, 0.29) is 17.4 Å². The predicted molar refractivity (Wildman–Crippen MR) is 71.8 cm³/mol. The van der Waals surface area contributed by atoms with Crippen molar-refractivity contribution < 1.29 is 14.5 Å². The molecule has 1 amide bonds. The Balaban J connectivity index is 2.01. The van der Waals surface area contributed by atoms with Crippen LogP contribution in [0.15, 0.2) is 24.3 Å². The molecule has 0 saturated carbocycles. The van der Waals surface area contributed by atoms with Crippen LogP contribution in [0.1, 0.15) is 18.4 Å². The molecular formula is C14H13N2O4. The van der Waals surface area contributed by atoms with Crippen LogP contribution in [0.25, 0.3) is 6.08 Å². The summed E-state index contributed by atoms with van der Waals surface area (Å²) in [6, 6.07) is 6.93. The van der Waals surface area contributed by atoms with E-state index in [1.165, 1.54) is 24.3 Å². The van der Waals surface area contributed by atoms with Crippen molar-refractivity contribution in [2.75, 3.05) is 13.1 Å². The molecule has 0 atom stereocenters. The first-order valence-corrected chi connectivity index (χ1v) is 6.21. The Labute approximate surface area is 115 Å². The lowest BCUT2D eigenvalue weighted by Crippen LogP contribution is -2.37. The second-order valence-electron chi connectivity index (χ2n) is 4.46. The van der Waals surface area contributed by atoms with Crippen molar-refractivity contribution in [3.8, 4) is 0 Å². The summed E-state index contributed by atoms with van der Waals surface area (Å²) in [7, 11) is 0. The van der Waals surface area contributed by atoms with E-state index in [0.717, 1.165) is 0 Å². The van der Waals surface area contributed by atoms with E-state index in [2.05, 4.69) is 6.07 Å². The van der Waals surface area contributed by atoms with E-state index in [1.807, 2.05) is 0 Å². The van der Waals surface area contributed by atoms with Crippen molar-refractivity contribution in [2.45, 2.75) is 12.8 Å². The maximum atomic E-state index is 11.9. The monoisotopic (exact) mass is 273 g/mol. The van der Waals surface area contributed by atoms with E-state index in [4.69, 9.17) is 0 Å². The molecule has 1 heterocycles. The molecule has 0 spiro atoms. The molecule has 0 unspecified atom stereocenters. The summed E-state index contributed by atoms with van der Waals surface area (Å²) in [5, 5.41) is 10.6. The molecule has 0 aromatic heterocycles. The van der Waals surface area contributed by atoms with Gasteiger partial charge in [0.15, 0.2) is 0 Å². The molecule has 6 heteroatoms. The zero-order valence-electron chi connectivity index (χ0n) is 10.7. The van der Waals surface area contributed by atoms with E-state index in [9.17, 15) is 19.7 Å². The summed E-state index contributed by atoms with van der Waals surface area (Å²) >= 11 is 0. The fourth-order valence-corrected chi connectivity index (χ4v) is 1.93. The third-order valence-corrected chi connectivity index (χ3v) is 3.06. The molecule has 1 aliphatic rings. The zero-order valence-corrected chi connectivity index (χ0v) is 10.7. The van der Waals surface area contributed by atoms with Gasteiger partial charge in [-0.2, -0.15) is 0 Å². The summed E-state index contributed by atoms with van der Waals surface area (Å²) in [5.41, 5.74) is 0.431. The van der Waals surface area contributed by atoms with Crippen LogP contribution in [-0.2, 0) is 9.59 Å². The van der Waals surface area contributed by atoms with Gasteiger partial charge in [-0.05, 0) is 17.7 Å². The number of rotatable bonds is 3. The number of non-ortho nitro benzene ring substituents is 1. The molecule has 1 aromatic carbocycles. The molecular weight excluding hydrogens is 260 g/mol. The standard InChI is InChI=1S/C14H13N2O4/c17-13-6-8-15(9-7-13)14(18)5-4-11-2-1-3-12(10-11)16(19)20/h1-2,4-5,10H,6-9H2/b5-4+. The van der Waals surface area contributed by atoms with Crippen molar-refractivity contribution in [1.82, 2.24) is 4.90 Å². The molecule has 1 radical (unpaired) electrons. The number of piperidine rings is 1. The number of likely N-dealkylation sites (tertiary alicyclic amines) is 1. The molecule has 6 nitrogen and oxygen atoms in total. The molecule has 0 N–H and O–H groups in total. The van der Waals surface area contributed by atoms with Gasteiger partial charge in [-0.3, -0.25) is 19.7 Å². The van der Waals surface area contributed by atoms with Crippen LogP contribution in [0, 0.1) is 16.2 Å². The van der Waals surface area contributed by atoms with Gasteiger partial charge >= 0.3 is 0 Å². The number of nitro benzene ring substituents is 1. The number of hydrogen-bond acceptors (Lipinski definition) is 4. The van der Waals surface area contributed by atoms with E-state index >= 15 is 0 Å². The van der Waals surface area contributed by atoms with Gasteiger partial charge in [0, 0.05) is 38.1 Å². The minimum atomic E-state index is -0.532. The maximum absolute atomic E-state index is 11.9. The highest BCUT2D eigenvalue weighted by Gasteiger charge is 2.18. The molecule has 1 fully saturated rings. The van der Waals surface area contributed by atoms with Crippen LogP contribution < -0.4 is 0 Å². The quantitative estimate of drug-likeness (QED) is 0.476. The lowest BCUT2D eigenvalue weighted by Gasteiger charge is -2.24. The smallest absolute Gasteiger partial charge is 0.278 e. The van der Waals surface area contributed by atoms with Gasteiger partial charge < -0.3 is 4.90 Å². The normalized spacial score (nSPS) is 15.6. The topological polar surface area (TPSA) is 80.5 Å². The van der Waals surface area contributed by atoms with Gasteiger partial charge in [-0.15, -0.1) is 0 Å². The molecule has 1 aliphatic heterocycles. The summed E-state index contributed by atoms with van der Waals surface area (Å²) in [6.07, 6.45) is 3.69. The van der Waals surface area contributed by atoms with Crippen molar-refractivity contribution in [2.24, 2.45) is 0 Å². The van der Waals surface area contributed by atoms with Gasteiger partial charge in [0.25, 0.3) is 5.69 Å². The molecule has 0 aliphatic carbocycles. The molecule has 0 bridgehead atoms. The van der Waals surface area contributed by atoms with E-state index in [1.54, 1.807) is 11.0 Å². The first-order valence-electron chi connectivity index (χ1n) is 6.21. The van der Waals surface area contributed by atoms with Crippen molar-refractivity contribution >= 4 is 23.5 Å². The fraction of sp³-hybridized carbons (Fsp3) is 0.286. The number of benzene rings is 1. The maximum Gasteiger partial charge on any atom is 0.278 e. The van der Waals surface area contributed by atoms with Crippen LogP contribution in [0.5, 0.6) is 0 Å². The van der Waals surface area contributed by atoms with Crippen LogP contribution in [-0.4, -0.2) is 34.6 Å². The number of ketones is 1. The highest BCUT2D eigenvalue weighted by Crippen LogP contribution is 2.14. The molecule has 1 aromatic rings. The Morgan fingerprint density at radius 3 is 2.75 bits per heavy atom. The lowest BCUT2D eigenvalue weighted by atomic mass is 10.1. The second-order valence-corrected chi connectivity index (χ2v) is 4.46. The van der Waals surface area contributed by atoms with E-state index in [0.29, 0.717) is 31.5 Å². The van der Waals surface area contributed by atoms with Gasteiger partial charge in [-0.25, -0.2) is 0 Å². The zero-order chi connectivity index (χ0) is 14.5. The van der Waals surface area contributed by atoms with Crippen LogP contribution in [0.3, 0.4) is 0 Å². The van der Waals surface area contributed by atoms with Crippen LogP contribution in [0.4, 0.5) is 5.69 Å². The molecule has 2 rings (SSSR count). The van der Waals surface area contributed by atoms with Crippen LogP contribution in [0.2, 0.25) is 0 Å². The second kappa shape index (κ2) is 6.10. The number of Topliss-reactive ketones (excluding diaryl/α,β-unsaturated/α-hetero) is 1. The summed E-state index contributed by atoms with van der Waals surface area (Å²) in [6.45, 7) is 0.870. The van der Waals surface area contributed by atoms with Crippen molar-refractivity contribution in [3.05, 3.63) is 46.0 Å². The number of amides is 1. The van der Waals surface area contributed by atoms with Crippen molar-refractivity contribution in [1.29, 1.82) is 0 Å². The highest BCUT2D eigenvalue weighted by atomic mass is 16.6. The average molecular weight is 273 g/mol. The Morgan fingerprint density at radius 1 is 1.40 bits per heavy atom. The number of hydrogen-bond donors (Lipinski definition) is 0. The number of carbonyl (C=O) groups is 2. The first-order chi connectivity index (χ1) is 9.56. The Morgan fingerprint density at radius 2 is 2.10 bits per heavy atom. The number of nitro groups is 1.